The Bertz CT molecular complexity index is 384. The third-order valence-corrected chi connectivity index (χ3v) is 3.48. The maximum atomic E-state index is 6.19. The van der Waals surface area contributed by atoms with Gasteiger partial charge in [0, 0.05) is 26.7 Å². The first-order valence-corrected chi connectivity index (χ1v) is 6.38. The average Bonchev–Trinajstić information content (AvgIpc) is 2.48. The molecular weight excluding hydrogens is 214 g/mol. The molecule has 2 N–H and O–H groups in total. The average molecular weight is 237 g/mol. The van der Waals surface area contributed by atoms with Crippen molar-refractivity contribution in [1.82, 2.24) is 14.7 Å². The van der Waals surface area contributed by atoms with Crippen LogP contribution in [0.3, 0.4) is 0 Å². The van der Waals surface area contributed by atoms with E-state index in [1.165, 1.54) is 6.42 Å². The second-order valence-electron chi connectivity index (χ2n) is 4.81. The van der Waals surface area contributed by atoms with Crippen molar-refractivity contribution in [3.63, 3.8) is 0 Å². The quantitative estimate of drug-likeness (QED) is 0.823. The van der Waals surface area contributed by atoms with E-state index in [2.05, 4.69) is 28.9 Å². The van der Waals surface area contributed by atoms with Crippen molar-refractivity contribution in [2.24, 2.45) is 7.05 Å². The minimum Gasteiger partial charge on any atom is -0.394 e. The van der Waals surface area contributed by atoms with E-state index in [-0.39, 0.29) is 0 Å². The van der Waals surface area contributed by atoms with E-state index in [0.717, 1.165) is 49.8 Å². The molecule has 1 fully saturated rings. The fourth-order valence-corrected chi connectivity index (χ4v) is 2.48. The molecule has 1 aliphatic heterocycles. The molecule has 1 aliphatic rings. The lowest BCUT2D eigenvalue weighted by molar-refractivity contribution is 0.360. The molecule has 17 heavy (non-hydrogen) atoms. The summed E-state index contributed by atoms with van der Waals surface area (Å²) >= 11 is 0. The van der Waals surface area contributed by atoms with Gasteiger partial charge in [0.15, 0.2) is 0 Å². The molecule has 0 atom stereocenters. The highest BCUT2D eigenvalue weighted by atomic mass is 15.4. The summed E-state index contributed by atoms with van der Waals surface area (Å²) < 4.78 is 1.93. The topological polar surface area (TPSA) is 50.3 Å². The van der Waals surface area contributed by atoms with Gasteiger partial charge in [-0.05, 0) is 26.4 Å². The second kappa shape index (κ2) is 4.96. The van der Waals surface area contributed by atoms with E-state index in [4.69, 9.17) is 5.73 Å². The number of nitrogen functional groups attached to an aromatic ring is 1. The van der Waals surface area contributed by atoms with Crippen LogP contribution in [0.25, 0.3) is 0 Å². The zero-order valence-corrected chi connectivity index (χ0v) is 11.1. The lowest BCUT2D eigenvalue weighted by Crippen LogP contribution is -2.30. The number of hydrogen-bond donors (Lipinski definition) is 1. The number of likely N-dealkylation sites (N-methyl/N-ethyl adjacent to an activating group) is 1. The smallest absolute Gasteiger partial charge is 0.150 e. The molecule has 2 rings (SSSR count). The van der Waals surface area contributed by atoms with Gasteiger partial charge >= 0.3 is 0 Å². The lowest BCUT2D eigenvalue weighted by Gasteiger charge is -2.23. The molecule has 2 heterocycles. The van der Waals surface area contributed by atoms with Crippen LogP contribution in [-0.4, -0.2) is 47.9 Å². The highest BCUT2D eigenvalue weighted by Crippen LogP contribution is 2.27. The largest absolute Gasteiger partial charge is 0.394 e. The van der Waals surface area contributed by atoms with Crippen LogP contribution in [0.5, 0.6) is 0 Å². The van der Waals surface area contributed by atoms with Crippen LogP contribution in [0.1, 0.15) is 19.0 Å². The van der Waals surface area contributed by atoms with Gasteiger partial charge in [-0.2, -0.15) is 5.10 Å². The number of rotatable bonds is 2. The van der Waals surface area contributed by atoms with E-state index >= 15 is 0 Å². The third kappa shape index (κ3) is 2.39. The zero-order valence-electron chi connectivity index (χ0n) is 11.1. The summed E-state index contributed by atoms with van der Waals surface area (Å²) in [7, 11) is 4.16. The SMILES string of the molecule is CCc1nn(C)c(N2CCCN(C)CC2)c1N. The Balaban J connectivity index is 2.23. The van der Waals surface area contributed by atoms with Crippen LogP contribution < -0.4 is 10.6 Å². The first-order valence-electron chi connectivity index (χ1n) is 6.38. The highest BCUT2D eigenvalue weighted by Gasteiger charge is 2.20. The summed E-state index contributed by atoms with van der Waals surface area (Å²) in [4.78, 5) is 4.73. The number of aromatic nitrogens is 2. The van der Waals surface area contributed by atoms with Crippen molar-refractivity contribution in [2.75, 3.05) is 43.9 Å². The summed E-state index contributed by atoms with van der Waals surface area (Å²) in [6.07, 6.45) is 2.08. The summed E-state index contributed by atoms with van der Waals surface area (Å²) in [5, 5.41) is 4.49. The van der Waals surface area contributed by atoms with E-state index in [9.17, 15) is 0 Å². The summed E-state index contributed by atoms with van der Waals surface area (Å²) in [6, 6.07) is 0. The van der Waals surface area contributed by atoms with E-state index in [0.29, 0.717) is 0 Å². The number of hydrogen-bond acceptors (Lipinski definition) is 4. The van der Waals surface area contributed by atoms with Gasteiger partial charge in [0.2, 0.25) is 0 Å². The zero-order chi connectivity index (χ0) is 12.4. The van der Waals surface area contributed by atoms with Gasteiger partial charge in [0.05, 0.1) is 11.4 Å². The molecule has 96 valence electrons. The van der Waals surface area contributed by atoms with Crippen LogP contribution in [-0.2, 0) is 13.5 Å². The fraction of sp³-hybridized carbons (Fsp3) is 0.750. The molecule has 0 amide bonds. The van der Waals surface area contributed by atoms with Crippen LogP contribution in [0.2, 0.25) is 0 Å². The molecule has 0 spiro atoms. The van der Waals surface area contributed by atoms with Crippen molar-refractivity contribution in [1.29, 1.82) is 0 Å². The first-order chi connectivity index (χ1) is 8.13. The van der Waals surface area contributed by atoms with Gasteiger partial charge in [-0.3, -0.25) is 4.68 Å². The maximum absolute atomic E-state index is 6.19. The molecule has 1 saturated heterocycles. The van der Waals surface area contributed by atoms with E-state index in [1.54, 1.807) is 0 Å². The van der Waals surface area contributed by atoms with Crippen molar-refractivity contribution in [3.05, 3.63) is 5.69 Å². The number of anilines is 2. The van der Waals surface area contributed by atoms with Crippen LogP contribution in [0.15, 0.2) is 0 Å². The molecule has 0 radical (unpaired) electrons. The normalized spacial score (nSPS) is 18.4. The third-order valence-electron chi connectivity index (χ3n) is 3.48. The van der Waals surface area contributed by atoms with Crippen LogP contribution in [0.4, 0.5) is 11.5 Å². The molecule has 5 nitrogen and oxygen atoms in total. The van der Waals surface area contributed by atoms with Gasteiger partial charge < -0.3 is 15.5 Å². The molecule has 0 unspecified atom stereocenters. The van der Waals surface area contributed by atoms with E-state index < -0.39 is 0 Å². The van der Waals surface area contributed by atoms with Gasteiger partial charge in [0.25, 0.3) is 0 Å². The van der Waals surface area contributed by atoms with Crippen molar-refractivity contribution in [3.8, 4) is 0 Å². The van der Waals surface area contributed by atoms with Crippen molar-refractivity contribution < 1.29 is 0 Å². The Labute approximate surface area is 103 Å². The minimum absolute atomic E-state index is 0.861. The summed E-state index contributed by atoms with van der Waals surface area (Å²) in [5.41, 5.74) is 8.07. The minimum atomic E-state index is 0.861. The molecule has 5 heteroatoms. The molecule has 0 saturated carbocycles. The number of aryl methyl sites for hydroxylation is 2. The molecular formula is C12H23N5. The van der Waals surface area contributed by atoms with Gasteiger partial charge in [-0.25, -0.2) is 0 Å². The van der Waals surface area contributed by atoms with Gasteiger partial charge in [-0.15, -0.1) is 0 Å². The predicted octanol–water partition coefficient (Wildman–Crippen LogP) is 0.707. The Morgan fingerprint density at radius 3 is 2.59 bits per heavy atom. The predicted molar refractivity (Wildman–Crippen MR) is 71.3 cm³/mol. The fourth-order valence-electron chi connectivity index (χ4n) is 2.48. The van der Waals surface area contributed by atoms with Gasteiger partial charge in [0.1, 0.15) is 5.82 Å². The Morgan fingerprint density at radius 2 is 1.94 bits per heavy atom. The molecule has 0 aromatic carbocycles. The Hall–Kier alpha value is -1.23. The second-order valence-corrected chi connectivity index (χ2v) is 4.81. The monoisotopic (exact) mass is 237 g/mol. The number of nitrogens with zero attached hydrogens (tertiary/aromatic N) is 4. The number of nitrogens with two attached hydrogens (primary N) is 1. The summed E-state index contributed by atoms with van der Waals surface area (Å²) in [5.74, 6) is 1.09. The molecule has 1 aromatic rings. The van der Waals surface area contributed by atoms with Crippen LogP contribution in [0, 0.1) is 0 Å². The standard InChI is InChI=1S/C12H23N5/c1-4-10-11(13)12(16(3)14-10)17-7-5-6-15(2)8-9-17/h4-9,13H2,1-3H3. The van der Waals surface area contributed by atoms with E-state index in [1.807, 2.05) is 11.7 Å². The Kier molecular flexibility index (Phi) is 3.57. The van der Waals surface area contributed by atoms with Crippen molar-refractivity contribution in [2.45, 2.75) is 19.8 Å². The maximum Gasteiger partial charge on any atom is 0.150 e. The Morgan fingerprint density at radius 1 is 1.18 bits per heavy atom. The molecule has 0 aliphatic carbocycles. The molecule has 1 aromatic heterocycles. The van der Waals surface area contributed by atoms with Crippen LogP contribution >= 0.6 is 0 Å². The highest BCUT2D eigenvalue weighted by molar-refractivity contribution is 5.66. The lowest BCUT2D eigenvalue weighted by atomic mass is 10.3. The summed E-state index contributed by atoms with van der Waals surface area (Å²) in [6.45, 7) is 6.44. The first kappa shape index (κ1) is 12.2. The molecule has 0 bridgehead atoms. The van der Waals surface area contributed by atoms with Gasteiger partial charge in [-0.1, -0.05) is 6.92 Å². The van der Waals surface area contributed by atoms with Crippen molar-refractivity contribution >= 4 is 11.5 Å².